The van der Waals surface area contributed by atoms with Crippen molar-refractivity contribution in [2.24, 2.45) is 0 Å². The maximum absolute atomic E-state index is 11.6. The number of hydrogen-bond acceptors (Lipinski definition) is 3. The Balaban J connectivity index is 3.05. The van der Waals surface area contributed by atoms with E-state index >= 15 is 0 Å². The van der Waals surface area contributed by atoms with E-state index in [2.05, 4.69) is 0 Å². The second-order valence-corrected chi connectivity index (χ2v) is 5.42. The van der Waals surface area contributed by atoms with Gasteiger partial charge in [-0.25, -0.2) is 8.42 Å². The zero-order valence-electron chi connectivity index (χ0n) is 7.62. The van der Waals surface area contributed by atoms with E-state index in [9.17, 15) is 8.42 Å². The fourth-order valence-corrected chi connectivity index (χ4v) is 2.42. The summed E-state index contributed by atoms with van der Waals surface area (Å²) in [5, 5.41) is 7.63. The Morgan fingerprint density at radius 1 is 1.36 bits per heavy atom. The molecule has 0 saturated heterocycles. The van der Waals surface area contributed by atoms with E-state index in [0.29, 0.717) is 5.02 Å². The average Bonchev–Trinajstić information content (AvgIpc) is 2.02. The molecule has 1 N–H and O–H groups in total. The smallest absolute Gasteiger partial charge is 0.183 e. The minimum Gasteiger partial charge on any atom is -0.309 e. The summed E-state index contributed by atoms with van der Waals surface area (Å²) in [6.45, 7) is 1.47. The van der Waals surface area contributed by atoms with Crippen molar-refractivity contribution in [3.63, 3.8) is 0 Å². The van der Waals surface area contributed by atoms with Crippen LogP contribution in [0.15, 0.2) is 29.2 Å². The fourth-order valence-electron chi connectivity index (χ4n) is 1.01. The molecule has 0 unspecified atom stereocenters. The summed E-state index contributed by atoms with van der Waals surface area (Å²) in [5.74, 6) is -0.241. The zero-order valence-corrected chi connectivity index (χ0v) is 9.19. The highest BCUT2D eigenvalue weighted by Gasteiger charge is 2.14. The molecule has 1 aromatic carbocycles. The molecule has 1 aromatic rings. The van der Waals surface area contributed by atoms with Crippen molar-refractivity contribution in [2.45, 2.75) is 11.8 Å². The molecular weight excluding hydrogens is 222 g/mol. The van der Waals surface area contributed by atoms with E-state index in [-0.39, 0.29) is 16.4 Å². The molecule has 0 radical (unpaired) electrons. The molecule has 14 heavy (non-hydrogen) atoms. The van der Waals surface area contributed by atoms with Gasteiger partial charge < -0.3 is 5.41 Å². The fraction of sp³-hybridized carbons (Fsp3) is 0.222. The number of sulfone groups is 1. The first kappa shape index (κ1) is 11.2. The predicted octanol–water partition coefficient (Wildman–Crippen LogP) is 2.15. The summed E-state index contributed by atoms with van der Waals surface area (Å²) in [6.07, 6.45) is 0. The first-order chi connectivity index (χ1) is 6.42. The van der Waals surface area contributed by atoms with E-state index in [1.807, 2.05) is 0 Å². The van der Waals surface area contributed by atoms with E-state index in [0.717, 1.165) is 0 Å². The summed E-state index contributed by atoms with van der Waals surface area (Å²) in [4.78, 5) is 0.202. The first-order valence-corrected chi connectivity index (χ1v) is 5.97. The van der Waals surface area contributed by atoms with Crippen LogP contribution in [-0.4, -0.2) is 19.9 Å². The molecule has 5 heteroatoms. The Morgan fingerprint density at radius 3 is 2.29 bits per heavy atom. The van der Waals surface area contributed by atoms with Crippen LogP contribution < -0.4 is 0 Å². The third-order valence-electron chi connectivity index (χ3n) is 1.58. The minimum absolute atomic E-state index is 0.125. The van der Waals surface area contributed by atoms with Gasteiger partial charge in [0.15, 0.2) is 9.84 Å². The van der Waals surface area contributed by atoms with Gasteiger partial charge in [0.1, 0.15) is 0 Å². The summed E-state index contributed by atoms with van der Waals surface area (Å²) >= 11 is 5.63. The summed E-state index contributed by atoms with van der Waals surface area (Å²) in [6, 6.07) is 5.93. The highest BCUT2D eigenvalue weighted by molar-refractivity contribution is 7.92. The molecule has 0 atom stereocenters. The first-order valence-electron chi connectivity index (χ1n) is 3.94. The van der Waals surface area contributed by atoms with Crippen molar-refractivity contribution >= 4 is 27.1 Å². The lowest BCUT2D eigenvalue weighted by molar-refractivity contribution is 0.600. The van der Waals surface area contributed by atoms with E-state index in [1.165, 1.54) is 31.2 Å². The number of nitrogens with one attached hydrogen (secondary N) is 1. The molecule has 1 rings (SSSR count). The molecular formula is C9H10ClNO2S. The van der Waals surface area contributed by atoms with Crippen molar-refractivity contribution in [2.75, 3.05) is 5.75 Å². The van der Waals surface area contributed by atoms with Crippen molar-refractivity contribution in [1.29, 1.82) is 5.41 Å². The second-order valence-electron chi connectivity index (χ2n) is 2.99. The topological polar surface area (TPSA) is 58.0 Å². The van der Waals surface area contributed by atoms with Crippen LogP contribution in [0.25, 0.3) is 0 Å². The van der Waals surface area contributed by atoms with Crippen LogP contribution in [0.4, 0.5) is 0 Å². The predicted molar refractivity (Wildman–Crippen MR) is 56.9 cm³/mol. The normalized spacial score (nSPS) is 11.3. The Labute approximate surface area is 88.1 Å². The number of hydrogen-bond donors (Lipinski definition) is 1. The van der Waals surface area contributed by atoms with Crippen LogP contribution in [0.2, 0.25) is 5.02 Å². The molecule has 0 fully saturated rings. The van der Waals surface area contributed by atoms with E-state index < -0.39 is 9.84 Å². The summed E-state index contributed by atoms with van der Waals surface area (Å²) < 4.78 is 23.1. The zero-order chi connectivity index (χ0) is 10.8. The van der Waals surface area contributed by atoms with Gasteiger partial charge in [0.25, 0.3) is 0 Å². The maximum Gasteiger partial charge on any atom is 0.183 e. The van der Waals surface area contributed by atoms with Gasteiger partial charge >= 0.3 is 0 Å². The molecule has 0 spiro atoms. The SMILES string of the molecule is CC(=N)CS(=O)(=O)c1ccc(Cl)cc1. The lowest BCUT2D eigenvalue weighted by Gasteiger charge is -2.02. The Hall–Kier alpha value is -0.870. The van der Waals surface area contributed by atoms with Crippen LogP contribution in [0.5, 0.6) is 0 Å². The van der Waals surface area contributed by atoms with Gasteiger partial charge in [-0.1, -0.05) is 11.6 Å². The van der Waals surface area contributed by atoms with Crippen LogP contribution in [-0.2, 0) is 9.84 Å². The standard InChI is InChI=1S/C9H10ClNO2S/c1-7(11)6-14(12,13)9-4-2-8(10)3-5-9/h2-5,11H,6H2,1H3. The molecule has 0 amide bonds. The average molecular weight is 232 g/mol. The van der Waals surface area contributed by atoms with Crippen LogP contribution in [0, 0.1) is 5.41 Å². The third kappa shape index (κ3) is 2.82. The van der Waals surface area contributed by atoms with Gasteiger partial charge in [-0.15, -0.1) is 0 Å². The lowest BCUT2D eigenvalue weighted by Crippen LogP contribution is -2.12. The molecule has 76 valence electrons. The second kappa shape index (κ2) is 4.11. The van der Waals surface area contributed by atoms with Crippen LogP contribution in [0.3, 0.4) is 0 Å². The lowest BCUT2D eigenvalue weighted by atomic mass is 10.4. The van der Waals surface area contributed by atoms with Crippen LogP contribution in [0.1, 0.15) is 6.92 Å². The highest BCUT2D eigenvalue weighted by atomic mass is 35.5. The Morgan fingerprint density at radius 2 is 1.86 bits per heavy atom. The maximum atomic E-state index is 11.6. The minimum atomic E-state index is -3.36. The molecule has 0 aliphatic rings. The Bertz CT molecular complexity index is 436. The van der Waals surface area contributed by atoms with Crippen LogP contribution >= 0.6 is 11.6 Å². The molecule has 0 aromatic heterocycles. The van der Waals surface area contributed by atoms with Gasteiger partial charge in [0, 0.05) is 10.7 Å². The molecule has 0 saturated carbocycles. The monoisotopic (exact) mass is 231 g/mol. The van der Waals surface area contributed by atoms with Crippen molar-refractivity contribution in [3.8, 4) is 0 Å². The molecule has 0 bridgehead atoms. The summed E-state index contributed by atoms with van der Waals surface area (Å²) in [5.41, 5.74) is 0.125. The van der Waals surface area contributed by atoms with Gasteiger partial charge in [0.2, 0.25) is 0 Å². The van der Waals surface area contributed by atoms with Gasteiger partial charge in [-0.3, -0.25) is 0 Å². The summed E-state index contributed by atoms with van der Waals surface area (Å²) in [7, 11) is -3.36. The molecule has 0 aliphatic carbocycles. The quantitative estimate of drug-likeness (QED) is 0.811. The Kier molecular flexibility index (Phi) is 3.29. The molecule has 0 aliphatic heterocycles. The van der Waals surface area contributed by atoms with Crippen molar-refractivity contribution in [1.82, 2.24) is 0 Å². The number of halogens is 1. The largest absolute Gasteiger partial charge is 0.309 e. The highest BCUT2D eigenvalue weighted by Crippen LogP contribution is 2.15. The van der Waals surface area contributed by atoms with Crippen molar-refractivity contribution < 1.29 is 8.42 Å². The van der Waals surface area contributed by atoms with Gasteiger partial charge in [-0.05, 0) is 31.2 Å². The van der Waals surface area contributed by atoms with Gasteiger partial charge in [-0.2, -0.15) is 0 Å². The number of benzene rings is 1. The molecule has 0 heterocycles. The van der Waals surface area contributed by atoms with E-state index in [4.69, 9.17) is 17.0 Å². The number of rotatable bonds is 3. The van der Waals surface area contributed by atoms with E-state index in [1.54, 1.807) is 0 Å². The van der Waals surface area contributed by atoms with Crippen molar-refractivity contribution in [3.05, 3.63) is 29.3 Å². The third-order valence-corrected chi connectivity index (χ3v) is 3.63. The molecule has 3 nitrogen and oxygen atoms in total. The van der Waals surface area contributed by atoms with Gasteiger partial charge in [0.05, 0.1) is 10.6 Å².